The third kappa shape index (κ3) is 4.53. The Kier molecular flexibility index (Phi) is 6.70. The van der Waals surface area contributed by atoms with E-state index in [9.17, 15) is 5.26 Å². The van der Waals surface area contributed by atoms with Gasteiger partial charge in [0.1, 0.15) is 24.1 Å². The third-order valence-corrected chi connectivity index (χ3v) is 4.82. The molecule has 0 amide bonds. The van der Waals surface area contributed by atoms with Crippen molar-refractivity contribution >= 4 is 34.2 Å². The molecule has 3 rings (SSSR count). The number of benzene rings is 2. The second-order valence-electron chi connectivity index (χ2n) is 6.25. The van der Waals surface area contributed by atoms with E-state index in [0.29, 0.717) is 33.9 Å². The van der Waals surface area contributed by atoms with Crippen LogP contribution < -0.4 is 4.74 Å². The zero-order valence-electron chi connectivity index (χ0n) is 16.0. The molecule has 3 aromatic rings. The Morgan fingerprint density at radius 1 is 1.25 bits per heavy atom. The van der Waals surface area contributed by atoms with Crippen molar-refractivity contribution in [3.8, 4) is 11.8 Å². The average Bonchev–Trinajstić information content (AvgIpc) is 3.13. The first-order valence-electron chi connectivity index (χ1n) is 9.27. The van der Waals surface area contributed by atoms with E-state index in [2.05, 4.69) is 30.0 Å². The summed E-state index contributed by atoms with van der Waals surface area (Å²) in [6.45, 7) is 7.67. The summed E-state index contributed by atoms with van der Waals surface area (Å²) in [5.74, 6) is 0.730. The maximum absolute atomic E-state index is 9.71. The number of halogens is 1. The number of para-hydroxylation sites is 1. The van der Waals surface area contributed by atoms with Gasteiger partial charge in [-0.05, 0) is 43.4 Å². The monoisotopic (exact) mass is 395 g/mol. The number of nitriles is 1. The zero-order valence-corrected chi connectivity index (χ0v) is 16.7. The van der Waals surface area contributed by atoms with Crippen LogP contribution in [-0.4, -0.2) is 36.3 Å². The SMILES string of the molecule is CCN(CC)CCOc1ccccc1/C=C(\C#N)c1noc2ccc(Cl)cc12. The molecular weight excluding hydrogens is 374 g/mol. The van der Waals surface area contributed by atoms with Gasteiger partial charge in [0, 0.05) is 17.1 Å². The van der Waals surface area contributed by atoms with E-state index in [1.807, 2.05) is 24.3 Å². The summed E-state index contributed by atoms with van der Waals surface area (Å²) in [5, 5.41) is 15.1. The molecule has 0 aliphatic heterocycles. The molecule has 0 aliphatic carbocycles. The summed E-state index contributed by atoms with van der Waals surface area (Å²) >= 11 is 6.09. The molecule has 0 N–H and O–H groups in total. The van der Waals surface area contributed by atoms with Gasteiger partial charge >= 0.3 is 0 Å². The van der Waals surface area contributed by atoms with E-state index in [0.717, 1.165) is 30.9 Å². The van der Waals surface area contributed by atoms with E-state index in [-0.39, 0.29) is 0 Å². The summed E-state index contributed by atoms with van der Waals surface area (Å²) in [5.41, 5.74) is 2.26. The summed E-state index contributed by atoms with van der Waals surface area (Å²) < 4.78 is 11.3. The molecule has 0 aliphatic rings. The number of hydrogen-bond donors (Lipinski definition) is 0. The fourth-order valence-electron chi connectivity index (χ4n) is 2.97. The van der Waals surface area contributed by atoms with E-state index in [4.69, 9.17) is 20.9 Å². The van der Waals surface area contributed by atoms with Gasteiger partial charge in [0.05, 0.1) is 11.0 Å². The van der Waals surface area contributed by atoms with Gasteiger partial charge in [-0.25, -0.2) is 0 Å². The van der Waals surface area contributed by atoms with Crippen LogP contribution in [0, 0.1) is 11.3 Å². The van der Waals surface area contributed by atoms with E-state index in [1.54, 1.807) is 24.3 Å². The van der Waals surface area contributed by atoms with Crippen LogP contribution in [0.15, 0.2) is 47.0 Å². The lowest BCUT2D eigenvalue weighted by molar-refractivity contribution is 0.222. The molecular formula is C22H22ClN3O2. The third-order valence-electron chi connectivity index (χ3n) is 4.59. The topological polar surface area (TPSA) is 62.3 Å². The Hall–Kier alpha value is -2.81. The Morgan fingerprint density at radius 3 is 2.79 bits per heavy atom. The fraction of sp³-hybridized carbons (Fsp3) is 0.273. The zero-order chi connectivity index (χ0) is 19.9. The van der Waals surface area contributed by atoms with Crippen LogP contribution in [0.3, 0.4) is 0 Å². The Balaban J connectivity index is 1.89. The normalized spacial score (nSPS) is 11.8. The van der Waals surface area contributed by atoms with Crippen molar-refractivity contribution in [2.24, 2.45) is 0 Å². The Labute approximate surface area is 169 Å². The lowest BCUT2D eigenvalue weighted by Crippen LogP contribution is -2.27. The van der Waals surface area contributed by atoms with E-state index < -0.39 is 0 Å². The predicted molar refractivity (Wildman–Crippen MR) is 112 cm³/mol. The molecule has 0 saturated heterocycles. The molecule has 6 heteroatoms. The number of likely N-dealkylation sites (N-methyl/N-ethyl adjacent to an activating group) is 1. The van der Waals surface area contributed by atoms with Crippen LogP contribution in [0.2, 0.25) is 5.02 Å². The van der Waals surface area contributed by atoms with Crippen molar-refractivity contribution in [3.63, 3.8) is 0 Å². The van der Waals surface area contributed by atoms with Crippen LogP contribution in [-0.2, 0) is 0 Å². The second-order valence-corrected chi connectivity index (χ2v) is 6.69. The first kappa shape index (κ1) is 19.9. The Bertz CT molecular complexity index is 1020. The van der Waals surface area contributed by atoms with Crippen molar-refractivity contribution < 1.29 is 9.26 Å². The van der Waals surface area contributed by atoms with E-state index in [1.165, 1.54) is 0 Å². The number of rotatable bonds is 8. The van der Waals surface area contributed by atoms with E-state index >= 15 is 0 Å². The highest BCUT2D eigenvalue weighted by Crippen LogP contribution is 2.30. The molecule has 2 aromatic carbocycles. The minimum absolute atomic E-state index is 0.390. The number of fused-ring (bicyclic) bond motifs is 1. The average molecular weight is 396 g/mol. The summed E-state index contributed by atoms with van der Waals surface area (Å²) in [6, 6.07) is 15.1. The standard InChI is InChI=1S/C22H22ClN3O2/c1-3-26(4-2)11-12-27-20-8-6-5-7-16(20)13-17(15-24)22-19-14-18(23)9-10-21(19)28-25-22/h5-10,13-14H,3-4,11-12H2,1-2H3/b17-13+. The molecule has 28 heavy (non-hydrogen) atoms. The summed E-state index contributed by atoms with van der Waals surface area (Å²) in [6.07, 6.45) is 1.77. The molecule has 5 nitrogen and oxygen atoms in total. The molecule has 0 unspecified atom stereocenters. The molecule has 0 bridgehead atoms. The second kappa shape index (κ2) is 9.41. The van der Waals surface area contributed by atoms with Crippen molar-refractivity contribution in [2.45, 2.75) is 13.8 Å². The Morgan fingerprint density at radius 2 is 2.04 bits per heavy atom. The molecule has 0 radical (unpaired) electrons. The van der Waals surface area contributed by atoms with Gasteiger partial charge in [0.25, 0.3) is 0 Å². The summed E-state index contributed by atoms with van der Waals surface area (Å²) in [7, 11) is 0. The fourth-order valence-corrected chi connectivity index (χ4v) is 3.14. The summed E-state index contributed by atoms with van der Waals surface area (Å²) in [4.78, 5) is 2.30. The van der Waals surface area contributed by atoms with Crippen LogP contribution in [0.5, 0.6) is 5.75 Å². The van der Waals surface area contributed by atoms with Crippen molar-refractivity contribution in [1.82, 2.24) is 10.1 Å². The van der Waals surface area contributed by atoms with Gasteiger partial charge in [-0.3, -0.25) is 0 Å². The van der Waals surface area contributed by atoms with Crippen LogP contribution in [0.4, 0.5) is 0 Å². The highest BCUT2D eigenvalue weighted by Gasteiger charge is 2.14. The highest BCUT2D eigenvalue weighted by molar-refractivity contribution is 6.31. The first-order valence-corrected chi connectivity index (χ1v) is 9.65. The number of nitrogens with zero attached hydrogens (tertiary/aromatic N) is 3. The quantitative estimate of drug-likeness (QED) is 0.486. The van der Waals surface area contributed by atoms with Gasteiger partial charge in [-0.1, -0.05) is 48.8 Å². The number of ether oxygens (including phenoxy) is 1. The van der Waals surface area contributed by atoms with Crippen molar-refractivity contribution in [2.75, 3.05) is 26.2 Å². The maximum Gasteiger partial charge on any atom is 0.167 e. The van der Waals surface area contributed by atoms with Gasteiger partial charge in [-0.2, -0.15) is 5.26 Å². The van der Waals surface area contributed by atoms with Crippen molar-refractivity contribution in [1.29, 1.82) is 5.26 Å². The predicted octanol–water partition coefficient (Wildman–Crippen LogP) is 5.27. The van der Waals surface area contributed by atoms with Gasteiger partial charge in [0.2, 0.25) is 0 Å². The van der Waals surface area contributed by atoms with Crippen LogP contribution in [0.25, 0.3) is 22.6 Å². The number of aromatic nitrogens is 1. The molecule has 1 heterocycles. The lowest BCUT2D eigenvalue weighted by atomic mass is 10.1. The van der Waals surface area contributed by atoms with Gasteiger partial charge in [0.15, 0.2) is 5.58 Å². The minimum Gasteiger partial charge on any atom is -0.492 e. The molecule has 1 aromatic heterocycles. The number of hydrogen-bond acceptors (Lipinski definition) is 5. The molecule has 0 spiro atoms. The molecule has 0 fully saturated rings. The highest BCUT2D eigenvalue weighted by atomic mass is 35.5. The molecule has 0 atom stereocenters. The lowest BCUT2D eigenvalue weighted by Gasteiger charge is -2.18. The number of allylic oxidation sites excluding steroid dienone is 1. The minimum atomic E-state index is 0.390. The molecule has 144 valence electrons. The first-order chi connectivity index (χ1) is 13.7. The van der Waals surface area contributed by atoms with Gasteiger partial charge in [-0.15, -0.1) is 0 Å². The van der Waals surface area contributed by atoms with Crippen LogP contribution >= 0.6 is 11.6 Å². The largest absolute Gasteiger partial charge is 0.492 e. The molecule has 0 saturated carbocycles. The smallest absolute Gasteiger partial charge is 0.167 e. The van der Waals surface area contributed by atoms with Crippen molar-refractivity contribution in [3.05, 3.63) is 58.7 Å². The van der Waals surface area contributed by atoms with Crippen LogP contribution in [0.1, 0.15) is 25.1 Å². The maximum atomic E-state index is 9.71. The van der Waals surface area contributed by atoms with Gasteiger partial charge < -0.3 is 14.2 Å².